The molecule has 1 fully saturated rings. The third-order valence-corrected chi connectivity index (χ3v) is 3.81. The average Bonchev–Trinajstić information content (AvgIpc) is 2.84. The summed E-state index contributed by atoms with van der Waals surface area (Å²) in [6.45, 7) is 3.95. The summed E-state index contributed by atoms with van der Waals surface area (Å²) in [5.41, 5.74) is 2.10. The number of aromatic nitrogens is 4. The molecule has 1 aliphatic rings. The molecule has 0 amide bonds. The Balaban J connectivity index is 1.55. The molecule has 4 rings (SSSR count). The zero-order valence-corrected chi connectivity index (χ0v) is 11.3. The van der Waals surface area contributed by atoms with E-state index in [1.165, 1.54) is 5.56 Å². The second kappa shape index (κ2) is 4.30. The SMILES string of the molecule is Cc1ccc(N2CC(c3nnc4ccccn34)C2)nc1. The summed E-state index contributed by atoms with van der Waals surface area (Å²) in [5, 5.41) is 8.54. The molecule has 0 saturated carbocycles. The molecule has 0 spiro atoms. The Bertz CT molecular complexity index is 740. The number of anilines is 1. The standard InChI is InChI=1S/C15H15N5/c1-11-5-6-13(16-8-11)19-9-12(10-19)15-18-17-14-4-2-3-7-20(14)15/h2-8,12H,9-10H2,1H3. The summed E-state index contributed by atoms with van der Waals surface area (Å²) in [7, 11) is 0. The predicted octanol–water partition coefficient (Wildman–Crippen LogP) is 2.04. The van der Waals surface area contributed by atoms with E-state index in [4.69, 9.17) is 0 Å². The van der Waals surface area contributed by atoms with Gasteiger partial charge in [0.1, 0.15) is 11.6 Å². The molecule has 0 atom stereocenters. The monoisotopic (exact) mass is 265 g/mol. The molecule has 0 bridgehead atoms. The first-order valence-corrected chi connectivity index (χ1v) is 6.78. The van der Waals surface area contributed by atoms with Crippen molar-refractivity contribution in [1.82, 2.24) is 19.6 Å². The molecule has 20 heavy (non-hydrogen) atoms. The van der Waals surface area contributed by atoms with Crippen LogP contribution in [-0.4, -0.2) is 32.7 Å². The fourth-order valence-electron chi connectivity index (χ4n) is 2.61. The number of fused-ring (bicyclic) bond motifs is 1. The van der Waals surface area contributed by atoms with Crippen LogP contribution in [0.1, 0.15) is 17.3 Å². The van der Waals surface area contributed by atoms with Crippen molar-refractivity contribution in [1.29, 1.82) is 0 Å². The number of hydrogen-bond donors (Lipinski definition) is 0. The molecule has 0 N–H and O–H groups in total. The molecule has 0 aliphatic carbocycles. The van der Waals surface area contributed by atoms with Crippen LogP contribution < -0.4 is 4.90 Å². The predicted molar refractivity (Wildman–Crippen MR) is 76.9 cm³/mol. The first kappa shape index (κ1) is 11.4. The van der Waals surface area contributed by atoms with Crippen molar-refractivity contribution in [3.05, 3.63) is 54.1 Å². The molecule has 0 radical (unpaired) electrons. The summed E-state index contributed by atoms with van der Waals surface area (Å²) >= 11 is 0. The minimum Gasteiger partial charge on any atom is -0.355 e. The molecule has 5 nitrogen and oxygen atoms in total. The van der Waals surface area contributed by atoms with Gasteiger partial charge < -0.3 is 4.90 Å². The maximum absolute atomic E-state index is 4.46. The second-order valence-corrected chi connectivity index (χ2v) is 5.28. The lowest BCUT2D eigenvalue weighted by molar-refractivity contribution is 0.492. The van der Waals surface area contributed by atoms with Gasteiger partial charge in [-0.1, -0.05) is 12.1 Å². The first-order chi connectivity index (χ1) is 9.81. The van der Waals surface area contributed by atoms with Crippen molar-refractivity contribution < 1.29 is 0 Å². The van der Waals surface area contributed by atoms with E-state index in [9.17, 15) is 0 Å². The zero-order chi connectivity index (χ0) is 13.5. The van der Waals surface area contributed by atoms with Gasteiger partial charge in [0.25, 0.3) is 0 Å². The van der Waals surface area contributed by atoms with Gasteiger partial charge >= 0.3 is 0 Å². The van der Waals surface area contributed by atoms with Gasteiger partial charge in [-0.2, -0.15) is 0 Å². The maximum Gasteiger partial charge on any atom is 0.160 e. The van der Waals surface area contributed by atoms with E-state index >= 15 is 0 Å². The number of hydrogen-bond acceptors (Lipinski definition) is 4. The second-order valence-electron chi connectivity index (χ2n) is 5.28. The zero-order valence-electron chi connectivity index (χ0n) is 11.3. The largest absolute Gasteiger partial charge is 0.355 e. The maximum atomic E-state index is 4.46. The lowest BCUT2D eigenvalue weighted by Gasteiger charge is -2.39. The molecule has 1 saturated heterocycles. The average molecular weight is 265 g/mol. The van der Waals surface area contributed by atoms with Gasteiger partial charge in [0.15, 0.2) is 5.65 Å². The van der Waals surface area contributed by atoms with Gasteiger partial charge in [-0.3, -0.25) is 4.40 Å². The van der Waals surface area contributed by atoms with Gasteiger partial charge in [0.2, 0.25) is 0 Å². The van der Waals surface area contributed by atoms with Crippen molar-refractivity contribution in [2.45, 2.75) is 12.8 Å². The number of nitrogens with zero attached hydrogens (tertiary/aromatic N) is 5. The first-order valence-electron chi connectivity index (χ1n) is 6.78. The Morgan fingerprint density at radius 2 is 2.00 bits per heavy atom. The summed E-state index contributed by atoms with van der Waals surface area (Å²) in [5.74, 6) is 2.51. The topological polar surface area (TPSA) is 46.3 Å². The third kappa shape index (κ3) is 1.74. The Kier molecular flexibility index (Phi) is 2.45. The highest BCUT2D eigenvalue weighted by Gasteiger charge is 2.32. The molecule has 3 aromatic rings. The van der Waals surface area contributed by atoms with Gasteiger partial charge in [0, 0.05) is 25.5 Å². The van der Waals surface area contributed by atoms with Crippen LogP contribution in [0.5, 0.6) is 0 Å². The molecule has 1 aliphatic heterocycles. The molecule has 0 unspecified atom stereocenters. The van der Waals surface area contributed by atoms with Crippen LogP contribution in [0.2, 0.25) is 0 Å². The number of rotatable bonds is 2. The van der Waals surface area contributed by atoms with Crippen LogP contribution in [0.15, 0.2) is 42.7 Å². The van der Waals surface area contributed by atoms with E-state index in [2.05, 4.69) is 43.5 Å². The van der Waals surface area contributed by atoms with Crippen LogP contribution in [0.25, 0.3) is 5.65 Å². The Hall–Kier alpha value is -2.43. The fourth-order valence-corrected chi connectivity index (χ4v) is 2.61. The Morgan fingerprint density at radius 1 is 1.10 bits per heavy atom. The summed E-state index contributed by atoms with van der Waals surface area (Å²) in [4.78, 5) is 6.73. The van der Waals surface area contributed by atoms with Crippen molar-refractivity contribution in [3.63, 3.8) is 0 Å². The molecule has 4 heterocycles. The highest BCUT2D eigenvalue weighted by atomic mass is 15.3. The van der Waals surface area contributed by atoms with E-state index in [1.807, 2.05) is 30.6 Å². The lowest BCUT2D eigenvalue weighted by atomic mass is 9.99. The van der Waals surface area contributed by atoms with Crippen molar-refractivity contribution in [2.24, 2.45) is 0 Å². The van der Waals surface area contributed by atoms with E-state index in [1.54, 1.807) is 0 Å². The van der Waals surface area contributed by atoms with Gasteiger partial charge in [-0.05, 0) is 30.7 Å². The highest BCUT2D eigenvalue weighted by molar-refractivity contribution is 5.45. The normalized spacial score (nSPS) is 15.6. The third-order valence-electron chi connectivity index (χ3n) is 3.81. The van der Waals surface area contributed by atoms with Gasteiger partial charge in [0.05, 0.1) is 5.92 Å². The molecular formula is C15H15N5. The molecule has 100 valence electrons. The molecule has 3 aromatic heterocycles. The van der Waals surface area contributed by atoms with Crippen LogP contribution >= 0.6 is 0 Å². The van der Waals surface area contributed by atoms with Gasteiger partial charge in [-0.25, -0.2) is 4.98 Å². The minimum atomic E-state index is 0.426. The minimum absolute atomic E-state index is 0.426. The summed E-state index contributed by atoms with van der Waals surface area (Å²) < 4.78 is 2.07. The molecular weight excluding hydrogens is 250 g/mol. The van der Waals surface area contributed by atoms with E-state index in [0.29, 0.717) is 5.92 Å². The van der Waals surface area contributed by atoms with Crippen LogP contribution in [-0.2, 0) is 0 Å². The smallest absolute Gasteiger partial charge is 0.160 e. The van der Waals surface area contributed by atoms with Crippen LogP contribution in [0.3, 0.4) is 0 Å². The molecule has 5 heteroatoms. The van der Waals surface area contributed by atoms with E-state index in [-0.39, 0.29) is 0 Å². The quantitative estimate of drug-likeness (QED) is 0.711. The Labute approximate surface area is 116 Å². The van der Waals surface area contributed by atoms with Crippen molar-refractivity contribution >= 4 is 11.5 Å². The van der Waals surface area contributed by atoms with Crippen LogP contribution in [0, 0.1) is 6.92 Å². The van der Waals surface area contributed by atoms with E-state index < -0.39 is 0 Å². The highest BCUT2D eigenvalue weighted by Crippen LogP contribution is 2.29. The lowest BCUT2D eigenvalue weighted by Crippen LogP contribution is -2.46. The fraction of sp³-hybridized carbons (Fsp3) is 0.267. The Morgan fingerprint density at radius 3 is 2.80 bits per heavy atom. The van der Waals surface area contributed by atoms with Crippen LogP contribution in [0.4, 0.5) is 5.82 Å². The number of pyridine rings is 2. The summed E-state index contributed by atoms with van der Waals surface area (Å²) in [6, 6.07) is 10.2. The van der Waals surface area contributed by atoms with Crippen molar-refractivity contribution in [3.8, 4) is 0 Å². The van der Waals surface area contributed by atoms with Crippen molar-refractivity contribution in [2.75, 3.05) is 18.0 Å². The number of aryl methyl sites for hydroxylation is 1. The molecule has 0 aromatic carbocycles. The van der Waals surface area contributed by atoms with Gasteiger partial charge in [-0.15, -0.1) is 10.2 Å². The summed E-state index contributed by atoms with van der Waals surface area (Å²) in [6.07, 6.45) is 3.94. The van der Waals surface area contributed by atoms with E-state index in [0.717, 1.165) is 30.4 Å².